The number of benzene rings is 4. The zero-order valence-corrected chi connectivity index (χ0v) is 27.2. The average Bonchev–Trinajstić information content (AvgIpc) is 3.06. The van der Waals surface area contributed by atoms with E-state index in [1.165, 1.54) is 23.1 Å². The predicted octanol–water partition coefficient (Wildman–Crippen LogP) is 6.02. The van der Waals surface area contributed by atoms with Crippen LogP contribution in [0.3, 0.4) is 0 Å². The fraction of sp³-hybridized carbons (Fsp3) is 0.257. The summed E-state index contributed by atoms with van der Waals surface area (Å²) in [7, 11) is -2.66. The van der Waals surface area contributed by atoms with Crippen LogP contribution in [0.5, 0.6) is 5.75 Å². The van der Waals surface area contributed by atoms with E-state index in [4.69, 9.17) is 16.3 Å². The lowest BCUT2D eigenvalue weighted by molar-refractivity contribution is -0.140. The summed E-state index contributed by atoms with van der Waals surface area (Å²) in [6.07, 6.45) is 0.943. The number of carbonyl (C=O) groups is 2. The van der Waals surface area contributed by atoms with Crippen molar-refractivity contribution < 1.29 is 22.7 Å². The zero-order chi connectivity index (χ0) is 32.4. The van der Waals surface area contributed by atoms with Crippen LogP contribution in [0, 0.1) is 6.92 Å². The number of nitrogens with zero attached hydrogens (tertiary/aromatic N) is 2. The molecule has 1 atom stereocenters. The van der Waals surface area contributed by atoms with Gasteiger partial charge in [-0.05, 0) is 66.4 Å². The number of rotatable bonds is 14. The van der Waals surface area contributed by atoms with E-state index in [2.05, 4.69) is 5.32 Å². The van der Waals surface area contributed by atoms with Crippen molar-refractivity contribution in [1.29, 1.82) is 0 Å². The quantitative estimate of drug-likeness (QED) is 0.181. The molecule has 8 nitrogen and oxygen atoms in total. The Morgan fingerprint density at radius 3 is 2.20 bits per heavy atom. The summed E-state index contributed by atoms with van der Waals surface area (Å²) in [5.74, 6) is -0.285. The van der Waals surface area contributed by atoms with Crippen molar-refractivity contribution in [3.8, 4) is 5.75 Å². The number of carbonyl (C=O) groups excluding carboxylic acids is 2. The molecule has 1 unspecified atom stereocenters. The molecule has 4 aromatic rings. The number of sulfonamides is 1. The lowest BCUT2D eigenvalue weighted by Crippen LogP contribution is -2.53. The van der Waals surface area contributed by atoms with Crippen LogP contribution >= 0.6 is 11.6 Å². The van der Waals surface area contributed by atoms with E-state index in [9.17, 15) is 18.0 Å². The molecule has 0 saturated carbocycles. The highest BCUT2D eigenvalue weighted by Crippen LogP contribution is 2.29. The smallest absolute Gasteiger partial charge is 0.264 e. The van der Waals surface area contributed by atoms with Gasteiger partial charge >= 0.3 is 0 Å². The van der Waals surface area contributed by atoms with Crippen LogP contribution in [0.2, 0.25) is 5.02 Å². The third-order valence-electron chi connectivity index (χ3n) is 7.36. The molecule has 0 aliphatic heterocycles. The largest absolute Gasteiger partial charge is 0.497 e. The molecular weight excluding hydrogens is 610 g/mol. The Bertz CT molecular complexity index is 1700. The van der Waals surface area contributed by atoms with E-state index >= 15 is 0 Å². The first-order valence-corrected chi connectivity index (χ1v) is 16.5. The van der Waals surface area contributed by atoms with E-state index in [0.717, 1.165) is 21.0 Å². The van der Waals surface area contributed by atoms with Crippen LogP contribution in [-0.2, 0) is 32.6 Å². The van der Waals surface area contributed by atoms with Gasteiger partial charge in [0.1, 0.15) is 18.3 Å². The highest BCUT2D eigenvalue weighted by Gasteiger charge is 2.34. The molecule has 0 spiro atoms. The topological polar surface area (TPSA) is 96.0 Å². The molecular formula is C35H38ClN3O5S. The lowest BCUT2D eigenvalue weighted by Gasteiger charge is -2.34. The molecule has 0 fully saturated rings. The Morgan fingerprint density at radius 2 is 1.56 bits per heavy atom. The molecule has 0 aliphatic rings. The summed E-state index contributed by atoms with van der Waals surface area (Å²) >= 11 is 6.44. The number of methoxy groups -OCH3 is 1. The van der Waals surface area contributed by atoms with Gasteiger partial charge in [0.25, 0.3) is 10.0 Å². The molecule has 0 heterocycles. The number of amides is 2. The van der Waals surface area contributed by atoms with Crippen molar-refractivity contribution in [3.63, 3.8) is 0 Å². The minimum Gasteiger partial charge on any atom is -0.497 e. The van der Waals surface area contributed by atoms with E-state index in [-0.39, 0.29) is 29.5 Å². The Balaban J connectivity index is 1.81. The van der Waals surface area contributed by atoms with Crippen molar-refractivity contribution in [2.75, 3.05) is 24.5 Å². The van der Waals surface area contributed by atoms with Gasteiger partial charge in [-0.15, -0.1) is 0 Å². The molecule has 0 bridgehead atoms. The number of anilines is 1. The second-order valence-corrected chi connectivity index (χ2v) is 12.9. The predicted molar refractivity (Wildman–Crippen MR) is 178 cm³/mol. The maximum atomic E-state index is 14.5. The van der Waals surface area contributed by atoms with Gasteiger partial charge in [-0.1, -0.05) is 85.3 Å². The second-order valence-electron chi connectivity index (χ2n) is 10.6. The van der Waals surface area contributed by atoms with Gasteiger partial charge in [0.15, 0.2) is 0 Å². The minimum atomic E-state index is -4.21. The van der Waals surface area contributed by atoms with Crippen molar-refractivity contribution >= 4 is 39.1 Å². The summed E-state index contributed by atoms with van der Waals surface area (Å²) in [5.41, 5.74) is 2.58. The Kier molecular flexibility index (Phi) is 11.6. The first kappa shape index (κ1) is 33.6. The highest BCUT2D eigenvalue weighted by molar-refractivity contribution is 7.92. The third kappa shape index (κ3) is 8.65. The number of aryl methyl sites for hydroxylation is 1. The molecule has 0 saturated heterocycles. The maximum Gasteiger partial charge on any atom is 0.264 e. The van der Waals surface area contributed by atoms with E-state index in [1.807, 2.05) is 50.2 Å². The average molecular weight is 648 g/mol. The molecule has 236 valence electrons. The Hall–Kier alpha value is -4.34. The number of nitrogens with one attached hydrogen (secondary N) is 1. The van der Waals surface area contributed by atoms with E-state index < -0.39 is 28.5 Å². The van der Waals surface area contributed by atoms with Gasteiger partial charge < -0.3 is 15.0 Å². The van der Waals surface area contributed by atoms with E-state index in [1.54, 1.807) is 55.6 Å². The molecule has 0 aliphatic carbocycles. The highest BCUT2D eigenvalue weighted by atomic mass is 35.5. The first-order chi connectivity index (χ1) is 21.6. The molecule has 4 aromatic carbocycles. The summed E-state index contributed by atoms with van der Waals surface area (Å²) < 4.78 is 34.6. The van der Waals surface area contributed by atoms with Gasteiger partial charge in [0, 0.05) is 24.5 Å². The van der Waals surface area contributed by atoms with Crippen LogP contribution in [0.1, 0.15) is 30.0 Å². The number of ether oxygens (including phenoxy) is 1. The summed E-state index contributed by atoms with van der Waals surface area (Å²) in [4.78, 5) is 29.7. The normalized spacial score (nSPS) is 11.8. The molecule has 0 radical (unpaired) electrons. The Morgan fingerprint density at radius 1 is 0.889 bits per heavy atom. The molecule has 45 heavy (non-hydrogen) atoms. The van der Waals surface area contributed by atoms with Crippen molar-refractivity contribution in [1.82, 2.24) is 10.2 Å². The van der Waals surface area contributed by atoms with E-state index in [0.29, 0.717) is 23.7 Å². The fourth-order valence-electron chi connectivity index (χ4n) is 4.87. The number of hydrogen-bond acceptors (Lipinski definition) is 5. The molecule has 0 aromatic heterocycles. The summed E-state index contributed by atoms with van der Waals surface area (Å²) in [6, 6.07) is 28.5. The minimum absolute atomic E-state index is 0.0235. The van der Waals surface area contributed by atoms with Gasteiger partial charge in [-0.2, -0.15) is 0 Å². The lowest BCUT2D eigenvalue weighted by atomic mass is 10.0. The number of hydrogen-bond donors (Lipinski definition) is 1. The third-order valence-corrected chi connectivity index (χ3v) is 9.56. The molecule has 2 amide bonds. The maximum absolute atomic E-state index is 14.5. The zero-order valence-electron chi connectivity index (χ0n) is 25.6. The van der Waals surface area contributed by atoms with Crippen LogP contribution in [-0.4, -0.2) is 51.4 Å². The second kappa shape index (κ2) is 15.6. The van der Waals surface area contributed by atoms with Gasteiger partial charge in [0.05, 0.1) is 17.7 Å². The van der Waals surface area contributed by atoms with Gasteiger partial charge in [-0.3, -0.25) is 13.9 Å². The van der Waals surface area contributed by atoms with Crippen LogP contribution in [0.4, 0.5) is 5.69 Å². The SMILES string of the molecule is CCCNC(=O)C(Cc1ccccc1)N(Cc1cccc(OC)c1)C(=O)CN(c1ccc(C)c(Cl)c1)S(=O)(=O)c1ccccc1. The van der Waals surface area contributed by atoms with Gasteiger partial charge in [-0.25, -0.2) is 8.42 Å². The summed E-state index contributed by atoms with van der Waals surface area (Å²) in [6.45, 7) is 3.67. The molecule has 4 rings (SSSR count). The first-order valence-electron chi connectivity index (χ1n) is 14.7. The van der Waals surface area contributed by atoms with Gasteiger partial charge in [0.2, 0.25) is 11.8 Å². The van der Waals surface area contributed by atoms with Crippen LogP contribution in [0.15, 0.2) is 108 Å². The molecule has 10 heteroatoms. The van der Waals surface area contributed by atoms with Crippen molar-refractivity contribution in [3.05, 3.63) is 125 Å². The van der Waals surface area contributed by atoms with Crippen LogP contribution in [0.25, 0.3) is 0 Å². The van der Waals surface area contributed by atoms with Crippen LogP contribution < -0.4 is 14.4 Å². The summed E-state index contributed by atoms with van der Waals surface area (Å²) in [5, 5.41) is 3.31. The standard InChI is InChI=1S/C35H38ClN3O5S/c1-4-20-37-35(41)33(22-27-12-7-5-8-13-27)38(24-28-14-11-15-30(21-28)44-3)34(40)25-39(29-19-18-26(2)32(36)23-29)45(42,43)31-16-9-6-10-17-31/h5-19,21,23,33H,4,20,22,24-25H2,1-3H3,(H,37,41). The monoisotopic (exact) mass is 647 g/mol. The van der Waals surface area contributed by atoms with Crippen molar-refractivity contribution in [2.24, 2.45) is 0 Å². The fourth-order valence-corrected chi connectivity index (χ4v) is 6.47. The van der Waals surface area contributed by atoms with Crippen molar-refractivity contribution in [2.45, 2.75) is 44.2 Å². The Labute approximate surface area is 270 Å². The number of halogens is 1. The molecule has 1 N–H and O–H groups in total.